The Bertz CT molecular complexity index is 955. The molecular formula is C24H29ClFN3O. The highest BCUT2D eigenvalue weighted by molar-refractivity contribution is 5.85. The first-order valence-corrected chi connectivity index (χ1v) is 10.4. The van der Waals surface area contributed by atoms with Gasteiger partial charge in [0.1, 0.15) is 5.82 Å². The third-order valence-electron chi connectivity index (χ3n) is 7.55. The number of amides is 2. The number of halogens is 2. The van der Waals surface area contributed by atoms with E-state index in [-0.39, 0.29) is 46.8 Å². The van der Waals surface area contributed by atoms with E-state index >= 15 is 0 Å². The molecule has 30 heavy (non-hydrogen) atoms. The van der Waals surface area contributed by atoms with E-state index in [4.69, 9.17) is 5.73 Å². The molecule has 6 heteroatoms. The highest BCUT2D eigenvalue weighted by Crippen LogP contribution is 2.70. The predicted molar refractivity (Wildman–Crippen MR) is 118 cm³/mol. The predicted octanol–water partition coefficient (Wildman–Crippen LogP) is 4.56. The van der Waals surface area contributed by atoms with Crippen molar-refractivity contribution >= 4 is 18.4 Å². The maximum Gasteiger partial charge on any atom is 0.318 e. The zero-order valence-electron chi connectivity index (χ0n) is 17.5. The van der Waals surface area contributed by atoms with Crippen LogP contribution in [0.5, 0.6) is 0 Å². The third-order valence-corrected chi connectivity index (χ3v) is 7.55. The molecule has 3 aliphatic carbocycles. The second-order valence-corrected chi connectivity index (χ2v) is 9.82. The van der Waals surface area contributed by atoms with Crippen molar-refractivity contribution in [2.45, 2.75) is 56.7 Å². The van der Waals surface area contributed by atoms with Crippen molar-refractivity contribution in [2.75, 3.05) is 6.54 Å². The first-order valence-electron chi connectivity index (χ1n) is 10.4. The fourth-order valence-electron chi connectivity index (χ4n) is 5.79. The summed E-state index contributed by atoms with van der Waals surface area (Å²) in [5.41, 5.74) is 9.36. The summed E-state index contributed by atoms with van der Waals surface area (Å²) in [6, 6.07) is 14.5. The molecular weight excluding hydrogens is 401 g/mol. The van der Waals surface area contributed by atoms with Gasteiger partial charge < -0.3 is 16.0 Å². The van der Waals surface area contributed by atoms with Crippen molar-refractivity contribution in [3.05, 3.63) is 71.0 Å². The van der Waals surface area contributed by atoms with Crippen LogP contribution in [-0.4, -0.2) is 28.6 Å². The number of carbonyl (C=O) groups is 1. The molecule has 3 N–H and O–H groups in total. The Labute approximate surface area is 183 Å². The topological polar surface area (TPSA) is 58.4 Å². The molecule has 0 unspecified atom stereocenters. The normalized spacial score (nSPS) is 29.1. The number of rotatable bonds is 3. The van der Waals surface area contributed by atoms with Gasteiger partial charge in [0, 0.05) is 17.6 Å². The van der Waals surface area contributed by atoms with Crippen LogP contribution in [0, 0.1) is 11.2 Å². The van der Waals surface area contributed by atoms with Crippen molar-refractivity contribution in [1.29, 1.82) is 0 Å². The Morgan fingerprint density at radius 3 is 2.40 bits per heavy atom. The third kappa shape index (κ3) is 3.10. The molecule has 1 atom stereocenters. The number of nitrogens with zero attached hydrogens (tertiary/aromatic N) is 1. The Morgan fingerprint density at radius 1 is 1.13 bits per heavy atom. The summed E-state index contributed by atoms with van der Waals surface area (Å²) in [5, 5.41) is 3.32. The average molecular weight is 430 g/mol. The molecule has 2 aromatic carbocycles. The Hall–Kier alpha value is -2.11. The van der Waals surface area contributed by atoms with Gasteiger partial charge in [-0.3, -0.25) is 0 Å². The molecule has 1 heterocycles. The van der Waals surface area contributed by atoms with Crippen LogP contribution in [0.4, 0.5) is 9.18 Å². The van der Waals surface area contributed by atoms with Gasteiger partial charge in [-0.2, -0.15) is 0 Å². The number of hydrogen-bond donors (Lipinski definition) is 2. The largest absolute Gasteiger partial charge is 0.333 e. The molecule has 0 radical (unpaired) electrons. The molecule has 0 aromatic heterocycles. The monoisotopic (exact) mass is 429 g/mol. The van der Waals surface area contributed by atoms with Crippen LogP contribution in [0.2, 0.25) is 0 Å². The van der Waals surface area contributed by atoms with Crippen LogP contribution in [0.3, 0.4) is 0 Å². The average Bonchev–Trinajstić information content (AvgIpc) is 2.64. The molecule has 4 aliphatic rings. The number of nitrogens with one attached hydrogen (secondary N) is 1. The van der Waals surface area contributed by atoms with E-state index in [1.807, 2.05) is 17.0 Å². The lowest BCUT2D eigenvalue weighted by molar-refractivity contribution is -0.179. The number of urea groups is 1. The molecule has 6 rings (SSSR count). The lowest BCUT2D eigenvalue weighted by atomic mass is 9.34. The Morgan fingerprint density at radius 2 is 1.77 bits per heavy atom. The van der Waals surface area contributed by atoms with E-state index in [0.717, 1.165) is 36.8 Å². The van der Waals surface area contributed by atoms with Gasteiger partial charge in [-0.15, -0.1) is 12.4 Å². The second kappa shape index (κ2) is 6.96. The maximum atomic E-state index is 13.5. The lowest BCUT2D eigenvalue weighted by Gasteiger charge is -2.74. The van der Waals surface area contributed by atoms with Gasteiger partial charge in [0.25, 0.3) is 0 Å². The van der Waals surface area contributed by atoms with Crippen molar-refractivity contribution < 1.29 is 9.18 Å². The van der Waals surface area contributed by atoms with Crippen LogP contribution in [0.15, 0.2) is 48.5 Å². The van der Waals surface area contributed by atoms with Gasteiger partial charge in [-0.1, -0.05) is 36.4 Å². The van der Waals surface area contributed by atoms with E-state index in [2.05, 4.69) is 31.3 Å². The zero-order chi connectivity index (χ0) is 20.4. The zero-order valence-corrected chi connectivity index (χ0v) is 18.3. The smallest absolute Gasteiger partial charge is 0.318 e. The molecule has 3 fully saturated rings. The fraction of sp³-hybridized carbons (Fsp3) is 0.458. The summed E-state index contributed by atoms with van der Waals surface area (Å²) >= 11 is 0. The maximum absolute atomic E-state index is 13.5. The van der Waals surface area contributed by atoms with Crippen molar-refractivity contribution in [1.82, 2.24) is 10.2 Å². The Kier molecular flexibility index (Phi) is 4.90. The van der Waals surface area contributed by atoms with Gasteiger partial charge in [-0.05, 0) is 73.8 Å². The van der Waals surface area contributed by atoms with Crippen LogP contribution in [0.25, 0.3) is 0 Å². The number of benzene rings is 2. The summed E-state index contributed by atoms with van der Waals surface area (Å²) in [6.45, 7) is 4.87. The highest BCUT2D eigenvalue weighted by Gasteiger charge is 2.71. The summed E-state index contributed by atoms with van der Waals surface area (Å²) in [5.74, 6) is -0.269. The lowest BCUT2D eigenvalue weighted by Crippen LogP contribution is -2.81. The van der Waals surface area contributed by atoms with Crippen LogP contribution in [0.1, 0.15) is 55.8 Å². The number of hydrogen-bond acceptors (Lipinski definition) is 2. The van der Waals surface area contributed by atoms with Crippen LogP contribution in [-0.2, 0) is 6.42 Å². The SMILES string of the molecule is CC(C)(NC(=O)N1CCc2ccccc2[C@@H]1c1ccc(F)cc1)C12CC(N)(C1)C2.Cl. The number of carbonyl (C=O) groups excluding carboxylic acids is 1. The van der Waals surface area contributed by atoms with Crippen molar-refractivity contribution in [3.63, 3.8) is 0 Å². The molecule has 0 spiro atoms. The van der Waals surface area contributed by atoms with E-state index in [1.54, 1.807) is 12.1 Å². The second-order valence-electron chi connectivity index (χ2n) is 9.82. The fourth-order valence-corrected chi connectivity index (χ4v) is 5.79. The molecule has 160 valence electrons. The molecule has 2 aromatic rings. The van der Waals surface area contributed by atoms with Gasteiger partial charge >= 0.3 is 6.03 Å². The minimum Gasteiger partial charge on any atom is -0.333 e. The van der Waals surface area contributed by atoms with Gasteiger partial charge in [0.05, 0.1) is 6.04 Å². The molecule has 1 aliphatic heterocycles. The van der Waals surface area contributed by atoms with E-state index in [9.17, 15) is 9.18 Å². The van der Waals surface area contributed by atoms with Crippen LogP contribution < -0.4 is 11.1 Å². The Balaban J connectivity index is 0.00000218. The molecule has 3 saturated carbocycles. The van der Waals surface area contributed by atoms with E-state index in [1.165, 1.54) is 17.7 Å². The van der Waals surface area contributed by atoms with Crippen LogP contribution >= 0.6 is 12.4 Å². The molecule has 0 saturated heterocycles. The molecule has 2 bridgehead atoms. The van der Waals surface area contributed by atoms with Gasteiger partial charge in [-0.25, -0.2) is 9.18 Å². The highest BCUT2D eigenvalue weighted by atomic mass is 35.5. The molecule has 4 nitrogen and oxygen atoms in total. The minimum absolute atomic E-state index is 0. The number of nitrogens with two attached hydrogens (primary N) is 1. The summed E-state index contributed by atoms with van der Waals surface area (Å²) < 4.78 is 13.5. The van der Waals surface area contributed by atoms with E-state index in [0.29, 0.717) is 6.54 Å². The standard InChI is InChI=1S/C24H28FN3O.ClH/c1-22(2,23-13-24(26,14-23)15-23)27-21(29)28-12-11-16-5-3-4-6-19(16)20(28)17-7-9-18(25)10-8-17;/h3-10,20H,11-15,26H2,1-2H3,(H,27,29);1H/t20-,23?,24?;/m0./s1. The molecule has 2 amide bonds. The first kappa shape index (κ1) is 21.1. The van der Waals surface area contributed by atoms with E-state index < -0.39 is 0 Å². The summed E-state index contributed by atoms with van der Waals surface area (Å²) in [7, 11) is 0. The number of fused-ring (bicyclic) bond motifs is 1. The minimum atomic E-state index is -0.310. The summed E-state index contributed by atoms with van der Waals surface area (Å²) in [6.07, 6.45) is 3.77. The van der Waals surface area contributed by atoms with Crippen molar-refractivity contribution in [3.8, 4) is 0 Å². The van der Waals surface area contributed by atoms with Gasteiger partial charge in [0.2, 0.25) is 0 Å². The quantitative estimate of drug-likeness (QED) is 0.751. The van der Waals surface area contributed by atoms with Gasteiger partial charge in [0.15, 0.2) is 0 Å². The summed E-state index contributed by atoms with van der Waals surface area (Å²) in [4.78, 5) is 15.4. The van der Waals surface area contributed by atoms with Crippen molar-refractivity contribution in [2.24, 2.45) is 11.1 Å². The first-order chi connectivity index (χ1) is 13.7.